The maximum atomic E-state index is 12.3. The molecule has 134 valence electrons. The molecule has 8 nitrogen and oxygen atoms in total. The van der Waals surface area contributed by atoms with Gasteiger partial charge in [-0.3, -0.25) is 14.6 Å². The van der Waals surface area contributed by atoms with E-state index in [-0.39, 0.29) is 30.5 Å². The Morgan fingerprint density at radius 3 is 2.88 bits per heavy atom. The molecule has 2 heterocycles. The molecule has 1 aromatic carbocycles. The largest absolute Gasteiger partial charge is 0.481 e. The summed E-state index contributed by atoms with van der Waals surface area (Å²) in [5.74, 6) is -1.42. The quantitative estimate of drug-likeness (QED) is 0.701. The van der Waals surface area contributed by atoms with Crippen molar-refractivity contribution in [1.82, 2.24) is 25.3 Å². The molecule has 0 fully saturated rings. The summed E-state index contributed by atoms with van der Waals surface area (Å²) in [5.41, 5.74) is 2.49. The molecule has 1 amide bonds. The van der Waals surface area contributed by atoms with Crippen molar-refractivity contribution in [2.45, 2.75) is 20.3 Å². The Labute approximate surface area is 149 Å². The third-order valence-electron chi connectivity index (χ3n) is 4.07. The van der Waals surface area contributed by atoms with Gasteiger partial charge < -0.3 is 10.4 Å². The number of benzene rings is 1. The van der Waals surface area contributed by atoms with Crippen LogP contribution in [0.1, 0.15) is 29.5 Å². The van der Waals surface area contributed by atoms with Gasteiger partial charge in [0.2, 0.25) is 0 Å². The SMILES string of the molecule is Cc1c(C(=O)NCC(C)CC(=O)O)nnn1-c1ccc2ncccc2c1. The van der Waals surface area contributed by atoms with Crippen LogP contribution >= 0.6 is 0 Å². The van der Waals surface area contributed by atoms with E-state index in [9.17, 15) is 9.59 Å². The van der Waals surface area contributed by atoms with Crippen molar-refractivity contribution >= 4 is 22.8 Å². The fourth-order valence-electron chi connectivity index (χ4n) is 2.70. The second-order valence-corrected chi connectivity index (χ2v) is 6.23. The third-order valence-corrected chi connectivity index (χ3v) is 4.07. The highest BCUT2D eigenvalue weighted by molar-refractivity contribution is 5.93. The number of hydrogen-bond acceptors (Lipinski definition) is 5. The second-order valence-electron chi connectivity index (χ2n) is 6.23. The highest BCUT2D eigenvalue weighted by Crippen LogP contribution is 2.18. The zero-order chi connectivity index (χ0) is 18.7. The Kier molecular flexibility index (Phi) is 4.92. The molecule has 1 atom stereocenters. The molecule has 2 aromatic heterocycles. The minimum absolute atomic E-state index is 0.00290. The van der Waals surface area contributed by atoms with Gasteiger partial charge >= 0.3 is 5.97 Å². The van der Waals surface area contributed by atoms with Gasteiger partial charge in [-0.25, -0.2) is 4.68 Å². The number of pyridine rings is 1. The van der Waals surface area contributed by atoms with Gasteiger partial charge in [0.1, 0.15) is 0 Å². The maximum Gasteiger partial charge on any atom is 0.303 e. The average Bonchev–Trinajstić information content (AvgIpc) is 3.00. The Morgan fingerprint density at radius 2 is 2.12 bits per heavy atom. The van der Waals surface area contributed by atoms with Crippen molar-refractivity contribution in [1.29, 1.82) is 0 Å². The zero-order valence-electron chi connectivity index (χ0n) is 14.5. The standard InChI is InChI=1S/C18H19N5O3/c1-11(8-16(24)25)10-20-18(26)17-12(2)23(22-21-17)14-5-6-15-13(9-14)4-3-7-19-15/h3-7,9,11H,8,10H2,1-2H3,(H,20,26)(H,24,25). The topological polar surface area (TPSA) is 110 Å². The van der Waals surface area contributed by atoms with Crippen LogP contribution in [0.5, 0.6) is 0 Å². The molecule has 0 saturated carbocycles. The summed E-state index contributed by atoms with van der Waals surface area (Å²) in [6.07, 6.45) is 1.73. The summed E-state index contributed by atoms with van der Waals surface area (Å²) >= 11 is 0. The number of aromatic nitrogens is 4. The molecule has 0 radical (unpaired) electrons. The summed E-state index contributed by atoms with van der Waals surface area (Å²) in [4.78, 5) is 27.3. The Bertz CT molecular complexity index is 966. The van der Waals surface area contributed by atoms with Crippen LogP contribution in [0.25, 0.3) is 16.6 Å². The van der Waals surface area contributed by atoms with E-state index in [0.29, 0.717) is 5.69 Å². The van der Waals surface area contributed by atoms with Gasteiger partial charge in [-0.15, -0.1) is 5.10 Å². The van der Waals surface area contributed by atoms with Gasteiger partial charge in [0.25, 0.3) is 5.91 Å². The van der Waals surface area contributed by atoms with Crippen molar-refractivity contribution in [2.24, 2.45) is 5.92 Å². The Balaban J connectivity index is 1.78. The van der Waals surface area contributed by atoms with E-state index in [1.807, 2.05) is 30.3 Å². The van der Waals surface area contributed by atoms with Crippen LogP contribution in [0.4, 0.5) is 0 Å². The van der Waals surface area contributed by atoms with Crippen LogP contribution < -0.4 is 5.32 Å². The molecule has 3 aromatic rings. The van der Waals surface area contributed by atoms with E-state index in [4.69, 9.17) is 5.11 Å². The lowest BCUT2D eigenvalue weighted by Gasteiger charge is -2.09. The number of rotatable bonds is 6. The zero-order valence-corrected chi connectivity index (χ0v) is 14.5. The van der Waals surface area contributed by atoms with Crippen LogP contribution in [-0.2, 0) is 4.79 Å². The fourth-order valence-corrected chi connectivity index (χ4v) is 2.70. The first kappa shape index (κ1) is 17.5. The lowest BCUT2D eigenvalue weighted by Crippen LogP contribution is -2.30. The van der Waals surface area contributed by atoms with Gasteiger partial charge in [-0.2, -0.15) is 0 Å². The average molecular weight is 353 g/mol. The number of carbonyl (C=O) groups excluding carboxylic acids is 1. The van der Waals surface area contributed by atoms with E-state index in [1.54, 1.807) is 24.7 Å². The number of hydrogen-bond donors (Lipinski definition) is 2. The summed E-state index contributed by atoms with van der Waals surface area (Å²) in [7, 11) is 0. The van der Waals surface area contributed by atoms with Crippen LogP contribution in [0.3, 0.4) is 0 Å². The van der Waals surface area contributed by atoms with Gasteiger partial charge in [-0.1, -0.05) is 18.2 Å². The van der Waals surface area contributed by atoms with E-state index in [2.05, 4.69) is 20.6 Å². The molecular formula is C18H19N5O3. The van der Waals surface area contributed by atoms with E-state index in [1.165, 1.54) is 0 Å². The Morgan fingerprint density at radius 1 is 1.31 bits per heavy atom. The van der Waals surface area contributed by atoms with Crippen molar-refractivity contribution in [3.05, 3.63) is 47.9 Å². The lowest BCUT2D eigenvalue weighted by molar-refractivity contribution is -0.137. The fraction of sp³-hybridized carbons (Fsp3) is 0.278. The number of aliphatic carboxylic acids is 1. The van der Waals surface area contributed by atoms with Crippen LogP contribution in [0.15, 0.2) is 36.5 Å². The molecule has 0 spiro atoms. The predicted octanol–water partition coefficient (Wildman–Crippen LogP) is 1.96. The highest BCUT2D eigenvalue weighted by atomic mass is 16.4. The normalized spacial score (nSPS) is 12.1. The molecular weight excluding hydrogens is 334 g/mol. The minimum Gasteiger partial charge on any atom is -0.481 e. The molecule has 2 N–H and O–H groups in total. The molecule has 0 saturated heterocycles. The number of carboxylic acids is 1. The maximum absolute atomic E-state index is 12.3. The van der Waals surface area contributed by atoms with Gasteiger partial charge in [0, 0.05) is 24.5 Å². The number of nitrogens with zero attached hydrogens (tertiary/aromatic N) is 4. The van der Waals surface area contributed by atoms with Crippen LogP contribution in [0.2, 0.25) is 0 Å². The van der Waals surface area contributed by atoms with Crippen molar-refractivity contribution in [3.8, 4) is 5.69 Å². The first-order valence-electron chi connectivity index (χ1n) is 8.23. The smallest absolute Gasteiger partial charge is 0.303 e. The number of nitrogens with one attached hydrogen (secondary N) is 1. The molecule has 8 heteroatoms. The molecule has 26 heavy (non-hydrogen) atoms. The van der Waals surface area contributed by atoms with Crippen molar-refractivity contribution in [3.63, 3.8) is 0 Å². The first-order chi connectivity index (χ1) is 12.5. The predicted molar refractivity (Wildman–Crippen MR) is 95.1 cm³/mol. The van der Waals surface area contributed by atoms with Crippen LogP contribution in [-0.4, -0.2) is 43.5 Å². The van der Waals surface area contributed by atoms with E-state index < -0.39 is 5.97 Å². The molecule has 0 bridgehead atoms. The summed E-state index contributed by atoms with van der Waals surface area (Å²) < 4.78 is 1.60. The molecule has 3 rings (SSSR count). The molecule has 0 aliphatic carbocycles. The van der Waals surface area contributed by atoms with Gasteiger partial charge in [0.15, 0.2) is 5.69 Å². The number of carbonyl (C=O) groups is 2. The van der Waals surface area contributed by atoms with E-state index >= 15 is 0 Å². The van der Waals surface area contributed by atoms with E-state index in [0.717, 1.165) is 16.6 Å². The molecule has 0 aliphatic rings. The minimum atomic E-state index is -0.889. The van der Waals surface area contributed by atoms with Crippen LogP contribution in [0, 0.1) is 12.8 Å². The monoisotopic (exact) mass is 353 g/mol. The van der Waals surface area contributed by atoms with Crippen molar-refractivity contribution < 1.29 is 14.7 Å². The number of amides is 1. The van der Waals surface area contributed by atoms with Gasteiger partial charge in [0.05, 0.1) is 16.9 Å². The molecule has 1 unspecified atom stereocenters. The van der Waals surface area contributed by atoms with Gasteiger partial charge in [-0.05, 0) is 37.1 Å². The van der Waals surface area contributed by atoms with Crippen molar-refractivity contribution in [2.75, 3.05) is 6.54 Å². The lowest BCUT2D eigenvalue weighted by atomic mass is 10.1. The summed E-state index contributed by atoms with van der Waals surface area (Å²) in [6, 6.07) is 9.50. The third kappa shape index (κ3) is 3.69. The summed E-state index contributed by atoms with van der Waals surface area (Å²) in [6.45, 7) is 3.79. The number of fused-ring (bicyclic) bond motifs is 1. The Hall–Kier alpha value is -3.29. The summed E-state index contributed by atoms with van der Waals surface area (Å²) in [5, 5.41) is 20.5. The highest BCUT2D eigenvalue weighted by Gasteiger charge is 2.18. The second kappa shape index (κ2) is 7.30. The molecule has 0 aliphatic heterocycles. The number of carboxylic acid groups (broad SMARTS) is 1. The first-order valence-corrected chi connectivity index (χ1v) is 8.23.